The summed E-state index contributed by atoms with van der Waals surface area (Å²) in [4.78, 5) is 43.1. The molecule has 0 radical (unpaired) electrons. The number of hydrogen-bond donors (Lipinski definition) is 0. The molecule has 7 heteroatoms. The van der Waals surface area contributed by atoms with Crippen LogP contribution in [0.15, 0.2) is 30.3 Å². The number of carbonyl (C=O) groups excluding carboxylic acids is 3. The second-order valence-corrected chi connectivity index (χ2v) is 9.63. The third-order valence-corrected chi connectivity index (χ3v) is 6.03. The summed E-state index contributed by atoms with van der Waals surface area (Å²) in [7, 11) is 0. The number of piperidine rings is 1. The van der Waals surface area contributed by atoms with Crippen LogP contribution in [0.2, 0.25) is 0 Å². The van der Waals surface area contributed by atoms with E-state index >= 15 is 0 Å². The van der Waals surface area contributed by atoms with Gasteiger partial charge < -0.3 is 24.2 Å². The summed E-state index contributed by atoms with van der Waals surface area (Å²) in [5, 5.41) is 0. The van der Waals surface area contributed by atoms with Crippen molar-refractivity contribution in [1.29, 1.82) is 0 Å². The van der Waals surface area contributed by atoms with Gasteiger partial charge in [-0.3, -0.25) is 4.79 Å². The number of anilines is 1. The quantitative estimate of drug-likeness (QED) is 0.643. The third-order valence-electron chi connectivity index (χ3n) is 6.03. The van der Waals surface area contributed by atoms with Gasteiger partial charge in [-0.15, -0.1) is 0 Å². The number of carbonyl (C=O) groups is 3. The largest absolute Gasteiger partial charge is 0.444 e. The van der Waals surface area contributed by atoms with Crippen molar-refractivity contribution in [3.05, 3.63) is 30.3 Å². The first kappa shape index (κ1) is 23.1. The Labute approximate surface area is 185 Å². The maximum absolute atomic E-state index is 13.6. The van der Waals surface area contributed by atoms with Crippen molar-refractivity contribution in [2.75, 3.05) is 31.2 Å². The van der Waals surface area contributed by atoms with Gasteiger partial charge in [0.2, 0.25) is 5.91 Å². The van der Waals surface area contributed by atoms with Crippen LogP contribution in [0.4, 0.5) is 10.5 Å². The minimum atomic E-state index is -0.638. The monoisotopic (exact) mass is 429 g/mol. The van der Waals surface area contributed by atoms with E-state index < -0.39 is 11.1 Å². The molecule has 0 N–H and O–H groups in total. The van der Waals surface area contributed by atoms with Crippen molar-refractivity contribution in [1.82, 2.24) is 9.80 Å². The molecule has 0 aromatic heterocycles. The molecule has 0 bridgehead atoms. The standard InChI is InChI=1S/C24H35N3O4/c1-19(28)10-8-9-15-26-18-27(20-11-6-5-7-12-20)24(21(26)29)13-16-25(17-14-24)22(30)31-23(2,3)4/h5-7,11-12H,8-10,13-18H2,1-4H3. The van der Waals surface area contributed by atoms with Crippen molar-refractivity contribution in [3.63, 3.8) is 0 Å². The fourth-order valence-corrected chi connectivity index (χ4v) is 4.44. The second-order valence-electron chi connectivity index (χ2n) is 9.63. The molecule has 31 heavy (non-hydrogen) atoms. The molecule has 2 heterocycles. The summed E-state index contributed by atoms with van der Waals surface area (Å²) < 4.78 is 5.52. The Morgan fingerprint density at radius 2 is 1.71 bits per heavy atom. The number of likely N-dealkylation sites (tertiary alicyclic amines) is 1. The van der Waals surface area contributed by atoms with Gasteiger partial charge in [-0.05, 0) is 65.5 Å². The van der Waals surface area contributed by atoms with Gasteiger partial charge in [-0.1, -0.05) is 18.2 Å². The highest BCUT2D eigenvalue weighted by atomic mass is 16.6. The highest BCUT2D eigenvalue weighted by Crippen LogP contribution is 2.39. The van der Waals surface area contributed by atoms with E-state index in [0.717, 1.165) is 18.5 Å². The molecule has 0 atom stereocenters. The zero-order chi connectivity index (χ0) is 22.6. The lowest BCUT2D eigenvalue weighted by Gasteiger charge is -2.43. The molecule has 2 aliphatic rings. The molecular weight excluding hydrogens is 394 g/mol. The summed E-state index contributed by atoms with van der Waals surface area (Å²) >= 11 is 0. The van der Waals surface area contributed by atoms with Crippen molar-refractivity contribution in [2.24, 2.45) is 0 Å². The Hall–Kier alpha value is -2.57. The number of para-hydroxylation sites is 1. The zero-order valence-corrected chi connectivity index (χ0v) is 19.2. The number of benzene rings is 1. The number of unbranched alkanes of at least 4 members (excludes halogenated alkanes) is 1. The number of Topliss-reactive ketones (excluding diaryl/α,β-unsaturated/α-hetero) is 1. The Morgan fingerprint density at radius 1 is 1.06 bits per heavy atom. The van der Waals surface area contributed by atoms with Gasteiger partial charge in [0.25, 0.3) is 0 Å². The minimum absolute atomic E-state index is 0.128. The van der Waals surface area contributed by atoms with Gasteiger partial charge >= 0.3 is 6.09 Å². The first-order valence-corrected chi connectivity index (χ1v) is 11.2. The molecular formula is C24H35N3O4. The lowest BCUT2D eigenvalue weighted by atomic mass is 9.85. The zero-order valence-electron chi connectivity index (χ0n) is 19.2. The Kier molecular flexibility index (Phi) is 6.92. The average molecular weight is 430 g/mol. The maximum Gasteiger partial charge on any atom is 0.410 e. The first-order valence-electron chi connectivity index (χ1n) is 11.2. The van der Waals surface area contributed by atoms with Crippen molar-refractivity contribution in [3.8, 4) is 0 Å². The lowest BCUT2D eigenvalue weighted by molar-refractivity contribution is -0.133. The van der Waals surface area contributed by atoms with E-state index in [1.807, 2.05) is 56.0 Å². The number of amides is 2. The molecule has 0 unspecified atom stereocenters. The summed E-state index contributed by atoms with van der Waals surface area (Å²) in [5.74, 6) is 0.313. The van der Waals surface area contributed by atoms with E-state index in [0.29, 0.717) is 45.6 Å². The molecule has 0 aliphatic carbocycles. The molecule has 2 fully saturated rings. The topological polar surface area (TPSA) is 70.2 Å². The summed E-state index contributed by atoms with van der Waals surface area (Å²) in [5.41, 5.74) is -0.157. The van der Waals surface area contributed by atoms with Gasteiger partial charge in [0.05, 0.1) is 6.67 Å². The van der Waals surface area contributed by atoms with E-state index in [2.05, 4.69) is 4.90 Å². The van der Waals surface area contributed by atoms with Gasteiger partial charge in [-0.25, -0.2) is 4.79 Å². The van der Waals surface area contributed by atoms with Gasteiger partial charge in [-0.2, -0.15) is 0 Å². The smallest absolute Gasteiger partial charge is 0.410 e. The number of ether oxygens (including phenoxy) is 1. The summed E-state index contributed by atoms with van der Waals surface area (Å²) in [6.45, 7) is 9.34. The van der Waals surface area contributed by atoms with Crippen LogP contribution in [0.25, 0.3) is 0 Å². The molecule has 1 aromatic carbocycles. The average Bonchev–Trinajstić information content (AvgIpc) is 2.97. The van der Waals surface area contributed by atoms with Crippen LogP contribution < -0.4 is 4.90 Å². The molecule has 2 saturated heterocycles. The highest BCUT2D eigenvalue weighted by molar-refractivity contribution is 5.93. The summed E-state index contributed by atoms with van der Waals surface area (Å²) in [6.07, 6.45) is 2.99. The number of nitrogens with zero attached hydrogens (tertiary/aromatic N) is 3. The SMILES string of the molecule is CC(=O)CCCCN1CN(c2ccccc2)C2(CCN(C(=O)OC(C)(C)C)CC2)C1=O. The van der Waals surface area contributed by atoms with Crippen LogP contribution in [0, 0.1) is 0 Å². The lowest BCUT2D eigenvalue weighted by Crippen LogP contribution is -2.57. The Bertz CT molecular complexity index is 795. The minimum Gasteiger partial charge on any atom is -0.444 e. The summed E-state index contributed by atoms with van der Waals surface area (Å²) in [6, 6.07) is 10.0. The molecule has 170 valence electrons. The Balaban J connectivity index is 1.73. The molecule has 3 rings (SSSR count). The van der Waals surface area contributed by atoms with Crippen molar-refractivity contribution >= 4 is 23.5 Å². The van der Waals surface area contributed by atoms with E-state index in [1.165, 1.54) is 0 Å². The molecule has 2 aliphatic heterocycles. The molecule has 0 saturated carbocycles. The van der Waals surface area contributed by atoms with Crippen LogP contribution in [0.1, 0.15) is 59.8 Å². The molecule has 1 aromatic rings. The van der Waals surface area contributed by atoms with Gasteiger partial charge in [0.15, 0.2) is 0 Å². The van der Waals surface area contributed by atoms with Crippen molar-refractivity contribution < 1.29 is 19.1 Å². The predicted octanol–water partition coefficient (Wildman–Crippen LogP) is 3.82. The highest BCUT2D eigenvalue weighted by Gasteiger charge is 2.54. The van der Waals surface area contributed by atoms with Crippen LogP contribution in [-0.4, -0.2) is 65.0 Å². The number of hydrogen-bond acceptors (Lipinski definition) is 5. The predicted molar refractivity (Wildman–Crippen MR) is 120 cm³/mol. The van der Waals surface area contributed by atoms with Crippen molar-refractivity contribution in [2.45, 2.75) is 70.9 Å². The fourth-order valence-electron chi connectivity index (χ4n) is 4.44. The van der Waals surface area contributed by atoms with Gasteiger partial charge in [0.1, 0.15) is 16.9 Å². The van der Waals surface area contributed by atoms with E-state index in [-0.39, 0.29) is 17.8 Å². The normalized spacial score (nSPS) is 18.6. The Morgan fingerprint density at radius 3 is 2.29 bits per heavy atom. The van der Waals surface area contributed by atoms with Crippen LogP contribution in [0.5, 0.6) is 0 Å². The fraction of sp³-hybridized carbons (Fsp3) is 0.625. The van der Waals surface area contributed by atoms with E-state index in [4.69, 9.17) is 4.74 Å². The number of rotatable bonds is 6. The van der Waals surface area contributed by atoms with E-state index in [1.54, 1.807) is 11.8 Å². The second kappa shape index (κ2) is 9.28. The molecule has 2 amide bonds. The third kappa shape index (κ3) is 5.38. The van der Waals surface area contributed by atoms with Crippen LogP contribution in [-0.2, 0) is 14.3 Å². The molecule has 1 spiro atoms. The first-order chi connectivity index (χ1) is 14.6. The number of ketones is 1. The van der Waals surface area contributed by atoms with E-state index in [9.17, 15) is 14.4 Å². The van der Waals surface area contributed by atoms with Gasteiger partial charge in [0, 0.05) is 31.7 Å². The van der Waals surface area contributed by atoms with Crippen LogP contribution in [0.3, 0.4) is 0 Å². The van der Waals surface area contributed by atoms with Crippen LogP contribution >= 0.6 is 0 Å². The molecule has 7 nitrogen and oxygen atoms in total. The maximum atomic E-state index is 13.6.